The number of nitrogens with one attached hydrogen (secondary N) is 2. The van der Waals surface area contributed by atoms with E-state index in [9.17, 15) is 4.79 Å². The zero-order valence-electron chi connectivity index (χ0n) is 20.2. The molecule has 8 nitrogen and oxygen atoms in total. The van der Waals surface area contributed by atoms with Crippen LogP contribution in [0.1, 0.15) is 36.2 Å². The van der Waals surface area contributed by atoms with E-state index in [1.807, 2.05) is 48.5 Å². The van der Waals surface area contributed by atoms with Crippen LogP contribution in [0.4, 0.5) is 5.69 Å². The van der Waals surface area contributed by atoms with E-state index in [-0.39, 0.29) is 5.91 Å². The number of ether oxygens (including phenoxy) is 2. The summed E-state index contributed by atoms with van der Waals surface area (Å²) in [6.45, 7) is 6.29. The molecular weight excluding hydrogens is 430 g/mol. The average Bonchev–Trinajstić information content (AvgIpc) is 3.29. The Bertz CT molecular complexity index is 1030. The van der Waals surface area contributed by atoms with Crippen molar-refractivity contribution in [3.63, 3.8) is 0 Å². The summed E-state index contributed by atoms with van der Waals surface area (Å²) in [5.41, 5.74) is 3.69. The summed E-state index contributed by atoms with van der Waals surface area (Å²) < 4.78 is 10.7. The summed E-state index contributed by atoms with van der Waals surface area (Å²) in [6.07, 6.45) is 2.93. The Morgan fingerprint density at radius 3 is 2.29 bits per heavy atom. The summed E-state index contributed by atoms with van der Waals surface area (Å²) in [6, 6.07) is 14.5. The van der Waals surface area contributed by atoms with E-state index in [0.29, 0.717) is 24.1 Å². The first-order chi connectivity index (χ1) is 16.4. The number of hydrogen-bond acceptors (Lipinski definition) is 7. The normalized spacial score (nSPS) is 21.8. The summed E-state index contributed by atoms with van der Waals surface area (Å²) in [5, 5.41) is 14.9. The topological polar surface area (TPSA) is 87.6 Å². The Morgan fingerprint density at radius 1 is 1.03 bits per heavy atom. The highest BCUT2D eigenvalue weighted by atomic mass is 16.5. The van der Waals surface area contributed by atoms with Gasteiger partial charge in [-0.3, -0.25) is 4.79 Å². The quantitative estimate of drug-likeness (QED) is 0.619. The molecule has 0 aliphatic carbocycles. The number of piperazine rings is 1. The Morgan fingerprint density at radius 2 is 1.68 bits per heavy atom. The Balaban J connectivity index is 1.31. The third kappa shape index (κ3) is 5.94. The number of carbonyl (C=O) groups excluding carboxylic acids is 1. The van der Waals surface area contributed by atoms with Gasteiger partial charge in [0.15, 0.2) is 6.17 Å². The van der Waals surface area contributed by atoms with Gasteiger partial charge in [0.2, 0.25) is 0 Å². The van der Waals surface area contributed by atoms with E-state index in [0.717, 1.165) is 48.0 Å². The lowest BCUT2D eigenvalue weighted by Gasteiger charge is -2.37. The molecule has 2 aliphatic heterocycles. The SMILES string of the molecule is COc1cc(CCC2=C[C@@H](NC(=O)c3ccc(N4C[C@@H](C)N[C@@H](C)C4)cc3)N=N2)cc(OC)c1. The third-order valence-corrected chi connectivity index (χ3v) is 6.07. The van der Waals surface area contributed by atoms with E-state index < -0.39 is 6.17 Å². The second-order valence-electron chi connectivity index (χ2n) is 8.93. The smallest absolute Gasteiger partial charge is 0.253 e. The summed E-state index contributed by atoms with van der Waals surface area (Å²) >= 11 is 0. The van der Waals surface area contributed by atoms with Gasteiger partial charge in [-0.05, 0) is 74.7 Å². The van der Waals surface area contributed by atoms with Gasteiger partial charge < -0.3 is 25.0 Å². The Hall–Kier alpha value is -3.39. The van der Waals surface area contributed by atoms with E-state index in [1.165, 1.54) is 0 Å². The number of carbonyl (C=O) groups is 1. The van der Waals surface area contributed by atoms with Gasteiger partial charge in [0.25, 0.3) is 5.91 Å². The molecular formula is C26H33N5O3. The van der Waals surface area contributed by atoms with Crippen LogP contribution in [0.3, 0.4) is 0 Å². The van der Waals surface area contributed by atoms with Crippen LogP contribution < -0.4 is 25.0 Å². The number of rotatable bonds is 8. The summed E-state index contributed by atoms with van der Waals surface area (Å²) in [5.74, 6) is 1.36. The second kappa shape index (κ2) is 10.7. The van der Waals surface area contributed by atoms with Crippen molar-refractivity contribution in [2.45, 2.75) is 44.9 Å². The van der Waals surface area contributed by atoms with Crippen LogP contribution >= 0.6 is 0 Å². The molecule has 180 valence electrons. The van der Waals surface area contributed by atoms with Gasteiger partial charge in [-0.15, -0.1) is 0 Å². The van der Waals surface area contributed by atoms with Gasteiger partial charge in [-0.25, -0.2) is 0 Å². The van der Waals surface area contributed by atoms with E-state index in [1.54, 1.807) is 14.2 Å². The summed E-state index contributed by atoms with van der Waals surface area (Å²) in [7, 11) is 3.28. The van der Waals surface area contributed by atoms with Gasteiger partial charge in [-0.1, -0.05) is 0 Å². The number of aryl methyl sites for hydroxylation is 1. The van der Waals surface area contributed by atoms with E-state index in [2.05, 4.69) is 39.6 Å². The van der Waals surface area contributed by atoms with Crippen LogP contribution in [-0.2, 0) is 6.42 Å². The van der Waals surface area contributed by atoms with Gasteiger partial charge in [0.05, 0.1) is 19.9 Å². The highest BCUT2D eigenvalue weighted by Gasteiger charge is 2.22. The minimum Gasteiger partial charge on any atom is -0.497 e. The van der Waals surface area contributed by atoms with Crippen molar-refractivity contribution in [3.05, 3.63) is 65.4 Å². The highest BCUT2D eigenvalue weighted by Crippen LogP contribution is 2.25. The molecule has 0 bridgehead atoms. The van der Waals surface area contributed by atoms with Crippen molar-refractivity contribution in [2.75, 3.05) is 32.2 Å². The van der Waals surface area contributed by atoms with Gasteiger partial charge in [0, 0.05) is 42.5 Å². The van der Waals surface area contributed by atoms with E-state index in [4.69, 9.17) is 9.47 Å². The monoisotopic (exact) mass is 463 g/mol. The molecule has 2 N–H and O–H groups in total. The van der Waals surface area contributed by atoms with Crippen molar-refractivity contribution < 1.29 is 14.3 Å². The minimum atomic E-state index is -0.447. The second-order valence-corrected chi connectivity index (χ2v) is 8.93. The molecule has 1 fully saturated rings. The first-order valence-corrected chi connectivity index (χ1v) is 11.7. The maximum Gasteiger partial charge on any atom is 0.253 e. The summed E-state index contributed by atoms with van der Waals surface area (Å²) in [4.78, 5) is 15.1. The predicted molar refractivity (Wildman–Crippen MR) is 133 cm³/mol. The van der Waals surface area contributed by atoms with Gasteiger partial charge in [-0.2, -0.15) is 10.2 Å². The molecule has 0 unspecified atom stereocenters. The number of nitrogens with zero attached hydrogens (tertiary/aromatic N) is 3. The molecule has 34 heavy (non-hydrogen) atoms. The van der Waals surface area contributed by atoms with Crippen LogP contribution in [0.15, 0.2) is 64.5 Å². The molecule has 2 aromatic rings. The fraction of sp³-hybridized carbons (Fsp3) is 0.423. The van der Waals surface area contributed by atoms with Crippen LogP contribution in [0, 0.1) is 0 Å². The lowest BCUT2D eigenvalue weighted by atomic mass is 10.1. The lowest BCUT2D eigenvalue weighted by molar-refractivity contribution is 0.0945. The first kappa shape index (κ1) is 23.8. The van der Waals surface area contributed by atoms with E-state index >= 15 is 0 Å². The van der Waals surface area contributed by atoms with Gasteiger partial charge in [0.1, 0.15) is 11.5 Å². The Labute approximate surface area is 201 Å². The molecule has 0 radical (unpaired) electrons. The number of methoxy groups -OCH3 is 2. The molecule has 2 aromatic carbocycles. The molecule has 0 spiro atoms. The fourth-order valence-corrected chi connectivity index (χ4v) is 4.45. The van der Waals surface area contributed by atoms with Crippen molar-refractivity contribution in [1.82, 2.24) is 10.6 Å². The van der Waals surface area contributed by atoms with Crippen LogP contribution in [-0.4, -0.2) is 51.5 Å². The number of benzene rings is 2. The van der Waals surface area contributed by atoms with Crippen molar-refractivity contribution in [3.8, 4) is 11.5 Å². The molecule has 0 aromatic heterocycles. The first-order valence-electron chi connectivity index (χ1n) is 11.7. The van der Waals surface area contributed by atoms with Crippen LogP contribution in [0.5, 0.6) is 11.5 Å². The molecule has 3 atom stereocenters. The van der Waals surface area contributed by atoms with Crippen LogP contribution in [0.2, 0.25) is 0 Å². The minimum absolute atomic E-state index is 0.160. The largest absolute Gasteiger partial charge is 0.497 e. The zero-order chi connectivity index (χ0) is 24.1. The van der Waals surface area contributed by atoms with Crippen molar-refractivity contribution in [1.29, 1.82) is 0 Å². The zero-order valence-corrected chi connectivity index (χ0v) is 20.2. The lowest BCUT2D eigenvalue weighted by Crippen LogP contribution is -2.54. The Kier molecular flexibility index (Phi) is 7.47. The third-order valence-electron chi connectivity index (χ3n) is 6.07. The van der Waals surface area contributed by atoms with Crippen molar-refractivity contribution in [2.24, 2.45) is 10.2 Å². The molecule has 0 saturated carbocycles. The number of anilines is 1. The highest BCUT2D eigenvalue weighted by molar-refractivity contribution is 5.94. The van der Waals surface area contributed by atoms with Crippen molar-refractivity contribution >= 4 is 11.6 Å². The molecule has 2 heterocycles. The van der Waals surface area contributed by atoms with Crippen LogP contribution in [0.25, 0.3) is 0 Å². The average molecular weight is 464 g/mol. The molecule has 1 saturated heterocycles. The maximum atomic E-state index is 12.7. The van der Waals surface area contributed by atoms with Gasteiger partial charge >= 0.3 is 0 Å². The number of azo groups is 1. The maximum absolute atomic E-state index is 12.7. The number of amides is 1. The molecule has 8 heteroatoms. The molecule has 1 amide bonds. The fourth-order valence-electron chi connectivity index (χ4n) is 4.45. The predicted octanol–water partition coefficient (Wildman–Crippen LogP) is 3.93. The molecule has 2 aliphatic rings. The number of allylic oxidation sites excluding steroid dienone is 1. The standard InChI is InChI=1S/C26H33N5O3/c1-17-15-31(16-18(2)27-17)22-9-6-20(7-10-22)26(32)28-25-13-21(29-30-25)8-5-19-11-23(33-3)14-24(12-19)34-4/h6-7,9-14,17-18,25,27H,5,8,15-16H2,1-4H3,(H,28,32)/t17-,18+,25-/m0/s1. The number of hydrogen-bond donors (Lipinski definition) is 2. The molecule has 4 rings (SSSR count).